The molecule has 2 aliphatic rings. The fourth-order valence-corrected chi connectivity index (χ4v) is 14.1. The van der Waals surface area contributed by atoms with Crippen molar-refractivity contribution in [2.75, 3.05) is 13.3 Å². The van der Waals surface area contributed by atoms with E-state index in [1.54, 1.807) is 22.0 Å². The molecule has 0 N–H and O–H groups in total. The molecule has 0 spiro atoms. The molecule has 134 valence electrons. The van der Waals surface area contributed by atoms with Gasteiger partial charge in [-0.2, -0.15) is 0 Å². The molecule has 0 heterocycles. The maximum atomic E-state index is 2.53. The molecular formula is C21H27F2HfP. The summed E-state index contributed by atoms with van der Waals surface area (Å²) in [6.45, 7) is 9.53. The van der Waals surface area contributed by atoms with Crippen molar-refractivity contribution >= 4 is 14.0 Å². The van der Waals surface area contributed by atoms with Gasteiger partial charge in [-0.1, -0.05) is 0 Å². The molecule has 0 amide bonds. The van der Waals surface area contributed by atoms with Crippen LogP contribution in [-0.4, -0.2) is 13.3 Å². The third-order valence-electron chi connectivity index (χ3n) is 4.97. The van der Waals surface area contributed by atoms with Crippen molar-refractivity contribution in [1.82, 2.24) is 0 Å². The van der Waals surface area contributed by atoms with E-state index in [0.717, 1.165) is 3.67 Å². The number of hydrogen-bond acceptors (Lipinski definition) is 0. The molecule has 0 saturated heterocycles. The number of rotatable bonds is 6. The maximum Gasteiger partial charge on any atom is -1.00 e. The van der Waals surface area contributed by atoms with Crippen LogP contribution in [0.15, 0.2) is 50.1 Å². The molecule has 1 unspecified atom stereocenters. The van der Waals surface area contributed by atoms with Gasteiger partial charge in [0.1, 0.15) is 0 Å². The molecule has 0 saturated carbocycles. The number of fused-ring (bicyclic) bond motifs is 1. The zero-order valence-corrected chi connectivity index (χ0v) is 20.1. The Kier molecular flexibility index (Phi) is 9.12. The number of benzene rings is 1. The van der Waals surface area contributed by atoms with Crippen LogP contribution >= 0.6 is 7.92 Å². The summed E-state index contributed by atoms with van der Waals surface area (Å²) < 4.78 is 2.72. The van der Waals surface area contributed by atoms with E-state index in [-0.39, 0.29) is 17.3 Å². The van der Waals surface area contributed by atoms with Gasteiger partial charge in [-0.05, 0) is 0 Å². The van der Waals surface area contributed by atoms with Gasteiger partial charge in [-0.15, -0.1) is 0 Å². The van der Waals surface area contributed by atoms with Gasteiger partial charge in [-0.25, -0.2) is 0 Å². The SMILES string of the molecule is CCCCC1=[C]([Hf+2][CH]2C(P(C)C)=Cc3ccccc32)CC=C1C.[F-].[F-]. The second-order valence-electron chi connectivity index (χ2n) is 6.82. The fourth-order valence-electron chi connectivity index (χ4n) is 3.61. The van der Waals surface area contributed by atoms with Crippen LogP contribution in [0.25, 0.3) is 6.08 Å². The Morgan fingerprint density at radius 2 is 1.88 bits per heavy atom. The van der Waals surface area contributed by atoms with Gasteiger partial charge in [0.15, 0.2) is 0 Å². The number of halogens is 2. The van der Waals surface area contributed by atoms with Gasteiger partial charge in [0, 0.05) is 0 Å². The minimum absolute atomic E-state index is 0. The van der Waals surface area contributed by atoms with Gasteiger partial charge >= 0.3 is 155 Å². The second kappa shape index (κ2) is 10.1. The van der Waals surface area contributed by atoms with Crippen LogP contribution in [0, 0.1) is 0 Å². The average Bonchev–Trinajstić information content (AvgIpc) is 3.08. The van der Waals surface area contributed by atoms with E-state index < -0.39 is 22.9 Å². The van der Waals surface area contributed by atoms with Crippen LogP contribution in [0.5, 0.6) is 0 Å². The zero-order chi connectivity index (χ0) is 16.4. The third kappa shape index (κ3) is 4.86. The Labute approximate surface area is 163 Å². The van der Waals surface area contributed by atoms with Gasteiger partial charge < -0.3 is 9.41 Å². The molecule has 1 aromatic rings. The predicted octanol–water partition coefficient (Wildman–Crippen LogP) is 0.709. The van der Waals surface area contributed by atoms with Crippen LogP contribution in [0.4, 0.5) is 0 Å². The Morgan fingerprint density at radius 1 is 1.16 bits per heavy atom. The summed E-state index contributed by atoms with van der Waals surface area (Å²) in [4.78, 5) is 0. The molecule has 0 radical (unpaired) electrons. The molecule has 3 rings (SSSR count). The third-order valence-corrected chi connectivity index (χ3v) is 13.6. The summed E-state index contributed by atoms with van der Waals surface area (Å²) in [5.74, 6) is 0. The quantitative estimate of drug-likeness (QED) is 0.378. The van der Waals surface area contributed by atoms with Crippen molar-refractivity contribution in [3.05, 3.63) is 61.3 Å². The molecule has 0 aromatic heterocycles. The van der Waals surface area contributed by atoms with Crippen LogP contribution in [0.2, 0.25) is 0 Å². The predicted molar refractivity (Wildman–Crippen MR) is 101 cm³/mol. The molecule has 0 bridgehead atoms. The van der Waals surface area contributed by atoms with Crippen molar-refractivity contribution < 1.29 is 32.3 Å². The minimum atomic E-state index is -0.866. The van der Waals surface area contributed by atoms with Crippen LogP contribution in [-0.2, 0) is 22.9 Å². The smallest absolute Gasteiger partial charge is 1.00 e. The fraction of sp³-hybridized carbons (Fsp3) is 0.429. The molecule has 0 aliphatic heterocycles. The Morgan fingerprint density at radius 3 is 2.56 bits per heavy atom. The van der Waals surface area contributed by atoms with Crippen molar-refractivity contribution in [3.63, 3.8) is 0 Å². The van der Waals surface area contributed by atoms with E-state index >= 15 is 0 Å². The first-order valence-electron chi connectivity index (χ1n) is 8.75. The van der Waals surface area contributed by atoms with Crippen molar-refractivity contribution in [2.45, 2.75) is 43.2 Å². The van der Waals surface area contributed by atoms with E-state index in [4.69, 9.17) is 0 Å². The molecule has 25 heavy (non-hydrogen) atoms. The van der Waals surface area contributed by atoms with E-state index in [1.165, 1.54) is 31.2 Å². The van der Waals surface area contributed by atoms with Crippen molar-refractivity contribution in [1.29, 1.82) is 0 Å². The Hall–Kier alpha value is -0.400. The van der Waals surface area contributed by atoms with E-state index in [9.17, 15) is 0 Å². The monoisotopic (exact) mass is 528 g/mol. The molecule has 1 aromatic carbocycles. The summed E-state index contributed by atoms with van der Waals surface area (Å²) in [7, 11) is 0.0264. The van der Waals surface area contributed by atoms with Gasteiger partial charge in [0.2, 0.25) is 0 Å². The standard InChI is InChI=1S/C11H12P.C10H15.2FH.Hf/c1-12(2)11-7-9-5-3-4-6-10(9)8-11;1-3-4-7-10-8-5-6-9(10)2;;;/h3-8H,1-2H3;6H,3-5,7H2,1-2H3;2*1H;/q;;;;+2/p-2. The summed E-state index contributed by atoms with van der Waals surface area (Å²) in [5, 5.41) is 1.77. The molecule has 4 heteroatoms. The number of unbranched alkanes of at least 4 members (excludes halogenated alkanes) is 1. The molecular weight excluding hydrogens is 500 g/mol. The van der Waals surface area contributed by atoms with Gasteiger partial charge in [0.05, 0.1) is 0 Å². The molecule has 0 nitrogen and oxygen atoms in total. The Bertz CT molecular complexity index is 689. The zero-order valence-electron chi connectivity index (χ0n) is 15.6. The average molecular weight is 527 g/mol. The second-order valence-corrected chi connectivity index (χ2v) is 14.4. The number of hydrogen-bond donors (Lipinski definition) is 0. The van der Waals surface area contributed by atoms with Gasteiger partial charge in [-0.3, -0.25) is 0 Å². The molecule has 0 fully saturated rings. The van der Waals surface area contributed by atoms with Crippen molar-refractivity contribution in [3.8, 4) is 0 Å². The Balaban J connectivity index is 0.00000156. The van der Waals surface area contributed by atoms with Crippen LogP contribution in [0.1, 0.15) is 54.3 Å². The summed E-state index contributed by atoms with van der Waals surface area (Å²) in [6.07, 6.45) is 10.3. The minimum Gasteiger partial charge on any atom is -1.00 e. The normalized spacial score (nSPS) is 18.2. The first kappa shape index (κ1) is 22.6. The first-order chi connectivity index (χ1) is 11.1. The first-order valence-corrected chi connectivity index (χ1v) is 14.9. The summed E-state index contributed by atoms with van der Waals surface area (Å²) >= 11 is -0.866. The van der Waals surface area contributed by atoms with Crippen LogP contribution in [0.3, 0.4) is 0 Å². The molecule has 1 atom stereocenters. The number of allylic oxidation sites excluding steroid dienone is 5. The largest absolute Gasteiger partial charge is 1.00 e. The van der Waals surface area contributed by atoms with Crippen LogP contribution < -0.4 is 9.41 Å². The van der Waals surface area contributed by atoms with Gasteiger partial charge in [0.25, 0.3) is 0 Å². The molecule has 2 aliphatic carbocycles. The van der Waals surface area contributed by atoms with E-state index in [2.05, 4.69) is 63.6 Å². The topological polar surface area (TPSA) is 0 Å². The summed E-state index contributed by atoms with van der Waals surface area (Å²) in [5.41, 5.74) is 6.51. The van der Waals surface area contributed by atoms with E-state index in [0.29, 0.717) is 0 Å². The van der Waals surface area contributed by atoms with E-state index in [1.807, 2.05) is 3.33 Å². The van der Waals surface area contributed by atoms with Crippen molar-refractivity contribution in [2.24, 2.45) is 0 Å². The summed E-state index contributed by atoms with van der Waals surface area (Å²) in [6, 6.07) is 9.16. The maximum absolute atomic E-state index is 2.53.